The van der Waals surface area contributed by atoms with Gasteiger partial charge < -0.3 is 13.3 Å². The van der Waals surface area contributed by atoms with E-state index in [1.54, 1.807) is 0 Å². The second-order valence-electron chi connectivity index (χ2n) is 12.3. The molecule has 0 fully saturated rings. The van der Waals surface area contributed by atoms with Gasteiger partial charge in [-0.3, -0.25) is 0 Å². The molecule has 0 atom stereocenters. The molecule has 5 aliphatic heterocycles. The molecule has 0 unspecified atom stereocenters. The molecule has 8 bridgehead atoms. The Hall–Kier alpha value is -4.26. The summed E-state index contributed by atoms with van der Waals surface area (Å²) in [6.45, 7) is 12.6. The van der Waals surface area contributed by atoms with Crippen molar-refractivity contribution >= 4 is 51.3 Å². The SMILES string of the molecule is Cc1ccc(C2=C3C=CC(=N3)C=C3NC(=C(O)C3(C)C)C=C3C=CC(=N3)C(c3c(C)cc(C)cc3C)=C3C=CC2=N3)cc1.[H-].[H-].[Mg+2]. The van der Waals surface area contributed by atoms with Crippen LogP contribution in [0.25, 0.3) is 11.1 Å². The van der Waals surface area contributed by atoms with Gasteiger partial charge in [0, 0.05) is 16.8 Å². The average molecular weight is 589 g/mol. The monoisotopic (exact) mass is 588 g/mol. The summed E-state index contributed by atoms with van der Waals surface area (Å²) in [4.78, 5) is 15.4. The largest absolute Gasteiger partial charge is 2.00 e. The van der Waals surface area contributed by atoms with E-state index in [-0.39, 0.29) is 31.7 Å². The molecule has 0 spiro atoms. The van der Waals surface area contributed by atoms with Crippen LogP contribution in [0, 0.1) is 33.1 Å². The molecular formula is C38H36MgN4O. The zero-order valence-corrected chi connectivity index (χ0v) is 27.5. The minimum atomic E-state index is -0.604. The van der Waals surface area contributed by atoms with Gasteiger partial charge in [-0.15, -0.1) is 0 Å². The molecule has 5 heterocycles. The number of fused-ring (bicyclic) bond motifs is 5. The van der Waals surface area contributed by atoms with Gasteiger partial charge in [-0.2, -0.15) is 0 Å². The van der Waals surface area contributed by atoms with Crippen LogP contribution < -0.4 is 5.32 Å². The molecule has 0 radical (unpaired) electrons. The third-order valence-corrected chi connectivity index (χ3v) is 8.63. The Morgan fingerprint density at radius 3 is 2.07 bits per heavy atom. The number of hydrogen-bond acceptors (Lipinski definition) is 5. The zero-order chi connectivity index (χ0) is 30.0. The van der Waals surface area contributed by atoms with Crippen LogP contribution in [-0.2, 0) is 0 Å². The van der Waals surface area contributed by atoms with Crippen molar-refractivity contribution in [1.29, 1.82) is 0 Å². The molecule has 2 aromatic rings. The Morgan fingerprint density at radius 2 is 1.34 bits per heavy atom. The number of benzene rings is 2. The van der Waals surface area contributed by atoms with Gasteiger partial charge in [0.2, 0.25) is 0 Å². The Bertz CT molecular complexity index is 1970. The molecule has 2 N–H and O–H groups in total. The van der Waals surface area contributed by atoms with Crippen LogP contribution in [0.2, 0.25) is 0 Å². The van der Waals surface area contributed by atoms with E-state index >= 15 is 0 Å². The van der Waals surface area contributed by atoms with Crippen LogP contribution in [0.4, 0.5) is 0 Å². The molecule has 0 saturated carbocycles. The maximum absolute atomic E-state index is 11.3. The summed E-state index contributed by atoms with van der Waals surface area (Å²) in [6.07, 6.45) is 16.3. The van der Waals surface area contributed by atoms with Gasteiger partial charge in [0.15, 0.2) is 0 Å². The van der Waals surface area contributed by atoms with E-state index < -0.39 is 5.41 Å². The molecule has 5 nitrogen and oxygen atoms in total. The first-order valence-electron chi connectivity index (χ1n) is 14.7. The van der Waals surface area contributed by atoms with Crippen LogP contribution >= 0.6 is 0 Å². The Kier molecular flexibility index (Phi) is 7.46. The van der Waals surface area contributed by atoms with E-state index in [1.165, 1.54) is 22.3 Å². The second-order valence-corrected chi connectivity index (χ2v) is 12.3. The summed E-state index contributed by atoms with van der Waals surface area (Å²) in [7, 11) is 0. The molecule has 2 aromatic carbocycles. The third-order valence-electron chi connectivity index (χ3n) is 8.63. The number of nitrogens with zero attached hydrogens (tertiary/aromatic N) is 3. The van der Waals surface area contributed by atoms with Gasteiger partial charge in [-0.1, -0.05) is 47.5 Å². The minimum absolute atomic E-state index is 0. The van der Waals surface area contributed by atoms with Gasteiger partial charge in [0.05, 0.1) is 45.3 Å². The number of aryl methyl sites for hydroxylation is 4. The summed E-state index contributed by atoms with van der Waals surface area (Å²) >= 11 is 0. The molecule has 0 amide bonds. The maximum atomic E-state index is 11.3. The zero-order valence-electron chi connectivity index (χ0n) is 28.1. The quantitative estimate of drug-likeness (QED) is 0.348. The summed E-state index contributed by atoms with van der Waals surface area (Å²) < 4.78 is 0. The van der Waals surface area contributed by atoms with Crippen LogP contribution in [-0.4, -0.2) is 45.3 Å². The van der Waals surface area contributed by atoms with Gasteiger partial charge in [0.25, 0.3) is 0 Å². The molecule has 216 valence electrons. The number of hydrogen-bond donors (Lipinski definition) is 2. The number of rotatable bonds is 2. The molecule has 0 aromatic heterocycles. The topological polar surface area (TPSA) is 69.3 Å². The van der Waals surface area contributed by atoms with Crippen LogP contribution in [0.3, 0.4) is 0 Å². The van der Waals surface area contributed by atoms with E-state index in [0.717, 1.165) is 62.2 Å². The Balaban J connectivity index is 0.00000160. The van der Waals surface area contributed by atoms with Crippen LogP contribution in [0.1, 0.15) is 50.1 Å². The fourth-order valence-electron chi connectivity index (χ4n) is 6.39. The first-order valence-corrected chi connectivity index (χ1v) is 14.7. The molecule has 5 aliphatic rings. The maximum Gasteiger partial charge on any atom is 2.00 e. The van der Waals surface area contributed by atoms with Crippen molar-refractivity contribution in [3.8, 4) is 0 Å². The van der Waals surface area contributed by atoms with Crippen molar-refractivity contribution in [2.24, 2.45) is 20.4 Å². The van der Waals surface area contributed by atoms with Gasteiger partial charge in [-0.25, -0.2) is 15.0 Å². The third kappa shape index (κ3) is 5.02. The standard InChI is InChI=1S/C38H34N4O.Mg.2H/c1-21-7-9-25(10-8-21)35-28-13-12-27(40-28)20-33-38(5,6)37(43)32(42-33)19-26-11-14-30(39-26)36(31-16-15-29(35)41-31)34-23(3)17-22(2)18-24(34)4;;;/h7-20,42-43H,1-6H3;;;/q;+2;2*-1. The molecule has 0 saturated heterocycles. The predicted octanol–water partition coefficient (Wildman–Crippen LogP) is 8.10. The number of aliphatic hydroxyl groups is 1. The van der Waals surface area contributed by atoms with E-state index in [9.17, 15) is 5.11 Å². The van der Waals surface area contributed by atoms with E-state index in [2.05, 4.69) is 93.7 Å². The number of aliphatic hydroxyl groups excluding tert-OH is 1. The van der Waals surface area contributed by atoms with Crippen molar-refractivity contribution in [3.05, 3.63) is 153 Å². The van der Waals surface area contributed by atoms with Crippen molar-refractivity contribution in [2.45, 2.75) is 41.5 Å². The van der Waals surface area contributed by atoms with E-state index in [0.29, 0.717) is 5.70 Å². The van der Waals surface area contributed by atoms with Crippen LogP contribution in [0.15, 0.2) is 134 Å². The minimum Gasteiger partial charge on any atom is -1.00 e. The van der Waals surface area contributed by atoms with E-state index in [4.69, 9.17) is 15.0 Å². The van der Waals surface area contributed by atoms with E-state index in [1.807, 2.05) is 38.2 Å². The molecule has 0 aliphatic carbocycles. The Labute approximate surface area is 278 Å². The average Bonchev–Trinajstić information content (AvgIpc) is 3.75. The summed E-state index contributed by atoms with van der Waals surface area (Å²) in [6, 6.07) is 13.0. The van der Waals surface area contributed by atoms with Gasteiger partial charge in [-0.05, 0) is 112 Å². The van der Waals surface area contributed by atoms with Gasteiger partial charge >= 0.3 is 23.1 Å². The smallest absolute Gasteiger partial charge is 1.00 e. The van der Waals surface area contributed by atoms with Crippen LogP contribution in [0.5, 0.6) is 0 Å². The van der Waals surface area contributed by atoms with Crippen molar-refractivity contribution in [2.75, 3.05) is 0 Å². The van der Waals surface area contributed by atoms with Crippen molar-refractivity contribution in [1.82, 2.24) is 5.32 Å². The first kappa shape index (κ1) is 29.8. The summed E-state index contributed by atoms with van der Waals surface area (Å²) in [5.41, 5.74) is 14.9. The molecule has 6 heteroatoms. The molecule has 7 rings (SSSR count). The summed E-state index contributed by atoms with van der Waals surface area (Å²) in [5, 5.41) is 14.7. The second kappa shape index (κ2) is 11.0. The van der Waals surface area contributed by atoms with Crippen molar-refractivity contribution < 1.29 is 7.96 Å². The normalized spacial score (nSPS) is 19.5. The number of nitrogens with one attached hydrogen (secondary N) is 1. The molecule has 44 heavy (non-hydrogen) atoms. The van der Waals surface area contributed by atoms with Crippen molar-refractivity contribution in [3.63, 3.8) is 0 Å². The fraction of sp³-hybridized carbons (Fsp3) is 0.184. The molecular weight excluding hydrogens is 553 g/mol. The number of aliphatic imine (C=N–C) groups is 3. The number of allylic oxidation sites excluding steroid dienone is 10. The fourth-order valence-corrected chi connectivity index (χ4v) is 6.39. The Morgan fingerprint density at radius 1 is 0.705 bits per heavy atom. The first-order chi connectivity index (χ1) is 20.6. The predicted molar refractivity (Wildman–Crippen MR) is 186 cm³/mol. The summed E-state index contributed by atoms with van der Waals surface area (Å²) in [5.74, 6) is 0.280. The van der Waals surface area contributed by atoms with Gasteiger partial charge in [0.1, 0.15) is 5.76 Å².